The minimum absolute atomic E-state index is 0.0989. The summed E-state index contributed by atoms with van der Waals surface area (Å²) in [6, 6.07) is 13.4. The third-order valence-corrected chi connectivity index (χ3v) is 6.38. The van der Waals surface area contributed by atoms with Crippen molar-refractivity contribution in [3.8, 4) is 0 Å². The second-order valence-electron chi connectivity index (χ2n) is 6.73. The predicted molar refractivity (Wildman–Crippen MR) is 112 cm³/mol. The molecule has 1 aliphatic rings. The number of aliphatic hydroxyl groups excluding tert-OH is 1. The van der Waals surface area contributed by atoms with Crippen molar-refractivity contribution in [3.63, 3.8) is 0 Å². The number of thiophene rings is 1. The third kappa shape index (κ3) is 2.49. The molecular weight excluding hydrogens is 370 g/mol. The molecule has 0 saturated carbocycles. The van der Waals surface area contributed by atoms with Gasteiger partial charge in [0.25, 0.3) is 5.56 Å². The van der Waals surface area contributed by atoms with Gasteiger partial charge in [-0.1, -0.05) is 31.2 Å². The van der Waals surface area contributed by atoms with E-state index in [-0.39, 0.29) is 11.3 Å². The van der Waals surface area contributed by atoms with Crippen molar-refractivity contribution < 1.29 is 5.11 Å². The van der Waals surface area contributed by atoms with Crippen LogP contribution in [0.5, 0.6) is 0 Å². The topological polar surface area (TPSA) is 68.0 Å². The molecular formula is C22H17N3O2S. The number of hydrogen-bond acceptors (Lipinski definition) is 5. The number of pyridine rings is 1. The maximum atomic E-state index is 12.8. The van der Waals surface area contributed by atoms with Gasteiger partial charge in [0.1, 0.15) is 16.4 Å². The summed E-state index contributed by atoms with van der Waals surface area (Å²) in [6.07, 6.45) is 4.14. The smallest absolute Gasteiger partial charge is 0.281 e. The van der Waals surface area contributed by atoms with E-state index in [0.717, 1.165) is 27.3 Å². The quantitative estimate of drug-likeness (QED) is 0.460. The van der Waals surface area contributed by atoms with Crippen LogP contribution in [0.2, 0.25) is 0 Å². The lowest BCUT2D eigenvalue weighted by atomic mass is 9.93. The molecule has 0 aliphatic carbocycles. The summed E-state index contributed by atoms with van der Waals surface area (Å²) in [5.74, 6) is 0.608. The summed E-state index contributed by atoms with van der Waals surface area (Å²) >= 11 is 1.62. The molecule has 0 fully saturated rings. The van der Waals surface area contributed by atoms with Crippen LogP contribution >= 0.6 is 11.3 Å². The monoisotopic (exact) mass is 387 g/mol. The number of aryl methyl sites for hydroxylation is 1. The van der Waals surface area contributed by atoms with E-state index in [1.165, 1.54) is 0 Å². The number of rotatable bonds is 2. The van der Waals surface area contributed by atoms with Gasteiger partial charge in [-0.05, 0) is 35.7 Å². The van der Waals surface area contributed by atoms with E-state index >= 15 is 0 Å². The van der Waals surface area contributed by atoms with Crippen molar-refractivity contribution in [2.75, 3.05) is 0 Å². The Morgan fingerprint density at radius 3 is 2.79 bits per heavy atom. The lowest BCUT2D eigenvalue weighted by Gasteiger charge is -2.25. The van der Waals surface area contributed by atoms with Crippen LogP contribution < -0.4 is 5.56 Å². The number of hydrogen-bond donors (Lipinski definition) is 1. The molecule has 0 bridgehead atoms. The first-order valence-corrected chi connectivity index (χ1v) is 9.94. The van der Waals surface area contributed by atoms with Crippen molar-refractivity contribution in [1.29, 1.82) is 0 Å². The number of benzene rings is 1. The van der Waals surface area contributed by atoms with Crippen LogP contribution in [0, 0.1) is 0 Å². The molecule has 0 radical (unpaired) electrons. The molecule has 1 N–H and O–H groups in total. The van der Waals surface area contributed by atoms with Crippen molar-refractivity contribution in [2.45, 2.75) is 19.9 Å². The second-order valence-corrected chi connectivity index (χ2v) is 7.84. The summed E-state index contributed by atoms with van der Waals surface area (Å²) in [4.78, 5) is 23.2. The van der Waals surface area contributed by atoms with Gasteiger partial charge in [-0.25, -0.2) is 0 Å². The highest BCUT2D eigenvalue weighted by Crippen LogP contribution is 2.38. The Hall–Kier alpha value is -3.25. The molecule has 0 spiro atoms. The van der Waals surface area contributed by atoms with E-state index in [2.05, 4.69) is 27.5 Å². The fourth-order valence-electron chi connectivity index (χ4n) is 3.69. The summed E-state index contributed by atoms with van der Waals surface area (Å²) < 4.78 is 2.05. The fourth-order valence-corrected chi connectivity index (χ4v) is 4.78. The minimum atomic E-state index is -0.253. The average molecular weight is 387 g/mol. The lowest BCUT2D eigenvalue weighted by molar-refractivity contribution is 0.512. The van der Waals surface area contributed by atoms with Crippen molar-refractivity contribution >= 4 is 32.9 Å². The average Bonchev–Trinajstić information content (AvgIpc) is 3.18. The summed E-state index contributed by atoms with van der Waals surface area (Å²) in [7, 11) is 0. The fraction of sp³-hybridized carbons (Fsp3) is 0.136. The molecule has 0 amide bonds. The molecule has 0 unspecified atom stereocenters. The number of nitrogens with zero attached hydrogens (tertiary/aromatic N) is 3. The highest BCUT2D eigenvalue weighted by atomic mass is 32.1. The standard InChI is InChI=1S/C22H17N3O2S/c1-2-15-11-17-21(27)24-20-18(19(26)13-7-9-23-10-8-13)16-6-4-3-5-14(16)12-25(20)22(17)28-15/h3-11,26H,2,12H2,1H3. The lowest BCUT2D eigenvalue weighted by Crippen LogP contribution is -2.23. The Kier molecular flexibility index (Phi) is 3.87. The maximum Gasteiger partial charge on any atom is 0.281 e. The first-order chi connectivity index (χ1) is 13.7. The van der Waals surface area contributed by atoms with Gasteiger partial charge in [0, 0.05) is 22.8 Å². The van der Waals surface area contributed by atoms with Crippen LogP contribution in [-0.2, 0) is 13.0 Å². The van der Waals surface area contributed by atoms with Gasteiger partial charge in [0.15, 0.2) is 0 Å². The molecule has 3 aromatic heterocycles. The highest BCUT2D eigenvalue weighted by Gasteiger charge is 2.27. The SMILES string of the molecule is CCc1cc2c(=O)nc3n(c2s1)Cc1ccccc1C3=C(O)c1ccncc1. The summed E-state index contributed by atoms with van der Waals surface area (Å²) in [5.41, 5.74) is 2.96. The first kappa shape index (κ1) is 16.9. The van der Waals surface area contributed by atoms with Gasteiger partial charge in [-0.15, -0.1) is 11.3 Å². The van der Waals surface area contributed by atoms with E-state index in [1.807, 2.05) is 24.3 Å². The van der Waals surface area contributed by atoms with E-state index in [9.17, 15) is 9.90 Å². The predicted octanol–water partition coefficient (Wildman–Crippen LogP) is 4.25. The molecule has 5 nitrogen and oxygen atoms in total. The van der Waals surface area contributed by atoms with Crippen molar-refractivity contribution in [3.05, 3.63) is 92.6 Å². The molecule has 28 heavy (non-hydrogen) atoms. The van der Waals surface area contributed by atoms with E-state index < -0.39 is 0 Å². The Morgan fingerprint density at radius 1 is 1.21 bits per heavy atom. The second kappa shape index (κ2) is 6.42. The van der Waals surface area contributed by atoms with E-state index in [1.54, 1.807) is 35.9 Å². The van der Waals surface area contributed by atoms with Crippen LogP contribution in [0.4, 0.5) is 0 Å². The zero-order valence-corrected chi connectivity index (χ0v) is 16.0. The van der Waals surface area contributed by atoms with Crippen LogP contribution in [0.3, 0.4) is 0 Å². The molecule has 5 rings (SSSR count). The van der Waals surface area contributed by atoms with Crippen LogP contribution in [0.1, 0.15) is 34.3 Å². The highest BCUT2D eigenvalue weighted by molar-refractivity contribution is 7.18. The molecule has 1 aliphatic heterocycles. The van der Waals surface area contributed by atoms with Crippen LogP contribution in [0.15, 0.2) is 59.7 Å². The number of aliphatic hydroxyl groups is 1. The maximum absolute atomic E-state index is 12.8. The van der Waals surface area contributed by atoms with Crippen LogP contribution in [0.25, 0.3) is 21.5 Å². The van der Waals surface area contributed by atoms with Gasteiger partial charge < -0.3 is 9.67 Å². The Bertz CT molecular complexity index is 1300. The van der Waals surface area contributed by atoms with Crippen LogP contribution in [-0.4, -0.2) is 19.6 Å². The first-order valence-electron chi connectivity index (χ1n) is 9.13. The zero-order valence-electron chi connectivity index (χ0n) is 15.2. The molecule has 4 aromatic rings. The molecule has 138 valence electrons. The number of aromatic nitrogens is 3. The normalized spacial score (nSPS) is 14.6. The summed E-state index contributed by atoms with van der Waals surface area (Å²) in [6.45, 7) is 2.70. The van der Waals surface area contributed by atoms with Crippen molar-refractivity contribution in [2.24, 2.45) is 0 Å². The summed E-state index contributed by atoms with van der Waals surface area (Å²) in [5, 5.41) is 11.8. The molecule has 4 heterocycles. The van der Waals surface area contributed by atoms with Gasteiger partial charge in [0.2, 0.25) is 0 Å². The van der Waals surface area contributed by atoms with E-state index in [4.69, 9.17) is 0 Å². The van der Waals surface area contributed by atoms with Crippen molar-refractivity contribution in [1.82, 2.24) is 14.5 Å². The zero-order chi connectivity index (χ0) is 19.3. The largest absolute Gasteiger partial charge is 0.507 e. The third-order valence-electron chi connectivity index (χ3n) is 5.08. The van der Waals surface area contributed by atoms with Gasteiger partial charge in [-0.2, -0.15) is 4.98 Å². The van der Waals surface area contributed by atoms with E-state index in [0.29, 0.717) is 28.9 Å². The Morgan fingerprint density at radius 2 is 2.00 bits per heavy atom. The molecule has 1 aromatic carbocycles. The minimum Gasteiger partial charge on any atom is -0.507 e. The number of fused-ring (bicyclic) bond motifs is 4. The molecule has 0 saturated heterocycles. The Balaban J connectivity index is 1.89. The Labute approximate surface area is 165 Å². The van der Waals surface area contributed by atoms with Gasteiger partial charge in [0.05, 0.1) is 17.5 Å². The van der Waals surface area contributed by atoms with Gasteiger partial charge in [-0.3, -0.25) is 9.78 Å². The molecule has 6 heteroatoms. The molecule has 0 atom stereocenters. The van der Waals surface area contributed by atoms with Gasteiger partial charge >= 0.3 is 0 Å².